The van der Waals surface area contributed by atoms with Crippen molar-refractivity contribution in [2.24, 2.45) is 5.73 Å². The Labute approximate surface area is 150 Å². The van der Waals surface area contributed by atoms with Gasteiger partial charge in [0.1, 0.15) is 11.6 Å². The maximum Gasteiger partial charge on any atom is 0.225 e. The van der Waals surface area contributed by atoms with Crippen LogP contribution in [0.15, 0.2) is 60.8 Å². The summed E-state index contributed by atoms with van der Waals surface area (Å²) in [4.78, 5) is 9.24. The fraction of sp³-hybridized carbons (Fsp3) is 0.105. The standard InChI is InChI=1S/C19H19N7/c20-11-13-4-3-5-14(10-13)12-21-19-23-16-7-2-1-6-15(16)18(25-19)24-17-8-9-22-26-17/h1-10H,11-12,20H2,(H3,21,22,23,24,25,26). The zero-order valence-electron chi connectivity index (χ0n) is 14.1. The second-order valence-electron chi connectivity index (χ2n) is 5.89. The summed E-state index contributed by atoms with van der Waals surface area (Å²) in [6, 6.07) is 17.9. The van der Waals surface area contributed by atoms with Gasteiger partial charge in [0.15, 0.2) is 0 Å². The highest BCUT2D eigenvalue weighted by molar-refractivity contribution is 5.91. The van der Waals surface area contributed by atoms with Gasteiger partial charge < -0.3 is 16.4 Å². The van der Waals surface area contributed by atoms with E-state index in [-0.39, 0.29) is 0 Å². The SMILES string of the molecule is NCc1cccc(CNc2nc(Nc3ccn[nH]3)c3ccccc3n2)c1. The van der Waals surface area contributed by atoms with E-state index in [1.807, 2.05) is 42.5 Å². The molecule has 4 rings (SSSR count). The molecule has 0 atom stereocenters. The summed E-state index contributed by atoms with van der Waals surface area (Å²) in [7, 11) is 0. The molecule has 0 saturated heterocycles. The molecule has 0 spiro atoms. The van der Waals surface area contributed by atoms with E-state index in [2.05, 4.69) is 42.9 Å². The molecule has 26 heavy (non-hydrogen) atoms. The fourth-order valence-electron chi connectivity index (χ4n) is 2.75. The Morgan fingerprint density at radius 3 is 2.69 bits per heavy atom. The van der Waals surface area contributed by atoms with Gasteiger partial charge >= 0.3 is 0 Å². The number of anilines is 3. The van der Waals surface area contributed by atoms with Gasteiger partial charge in [0, 0.05) is 24.5 Å². The van der Waals surface area contributed by atoms with Gasteiger partial charge in [-0.25, -0.2) is 4.98 Å². The van der Waals surface area contributed by atoms with Crippen LogP contribution in [-0.2, 0) is 13.1 Å². The normalized spacial score (nSPS) is 10.8. The highest BCUT2D eigenvalue weighted by Gasteiger charge is 2.08. The predicted molar refractivity (Wildman–Crippen MR) is 103 cm³/mol. The molecule has 2 heterocycles. The first-order valence-electron chi connectivity index (χ1n) is 8.37. The van der Waals surface area contributed by atoms with Crippen LogP contribution in [0.3, 0.4) is 0 Å². The lowest BCUT2D eigenvalue weighted by Gasteiger charge is -2.11. The number of para-hydroxylation sites is 1. The molecule has 0 radical (unpaired) electrons. The van der Waals surface area contributed by atoms with Crippen molar-refractivity contribution in [2.45, 2.75) is 13.1 Å². The first-order chi connectivity index (χ1) is 12.8. The van der Waals surface area contributed by atoms with Gasteiger partial charge in [0.05, 0.1) is 11.7 Å². The average molecular weight is 345 g/mol. The zero-order chi connectivity index (χ0) is 17.8. The van der Waals surface area contributed by atoms with Crippen molar-refractivity contribution in [1.29, 1.82) is 0 Å². The number of fused-ring (bicyclic) bond motifs is 1. The smallest absolute Gasteiger partial charge is 0.225 e. The van der Waals surface area contributed by atoms with Crippen LogP contribution in [0.5, 0.6) is 0 Å². The topological polar surface area (TPSA) is 105 Å². The summed E-state index contributed by atoms with van der Waals surface area (Å²) < 4.78 is 0. The van der Waals surface area contributed by atoms with Crippen molar-refractivity contribution in [3.8, 4) is 0 Å². The Balaban J connectivity index is 1.62. The lowest BCUT2D eigenvalue weighted by molar-refractivity contribution is 1.03. The number of nitrogens with one attached hydrogen (secondary N) is 3. The number of hydrogen-bond donors (Lipinski definition) is 4. The van der Waals surface area contributed by atoms with E-state index in [0.29, 0.717) is 19.0 Å². The minimum absolute atomic E-state index is 0.526. The lowest BCUT2D eigenvalue weighted by atomic mass is 10.1. The van der Waals surface area contributed by atoms with Crippen molar-refractivity contribution < 1.29 is 0 Å². The van der Waals surface area contributed by atoms with Gasteiger partial charge in [0.2, 0.25) is 5.95 Å². The van der Waals surface area contributed by atoms with E-state index in [1.165, 1.54) is 0 Å². The van der Waals surface area contributed by atoms with Crippen molar-refractivity contribution in [3.63, 3.8) is 0 Å². The third-order valence-corrected chi connectivity index (χ3v) is 4.03. The molecular weight excluding hydrogens is 326 g/mol. The fourth-order valence-corrected chi connectivity index (χ4v) is 2.75. The summed E-state index contributed by atoms with van der Waals surface area (Å²) >= 11 is 0. The molecule has 130 valence electrons. The van der Waals surface area contributed by atoms with Crippen LogP contribution in [0.4, 0.5) is 17.6 Å². The van der Waals surface area contributed by atoms with Gasteiger partial charge in [-0.2, -0.15) is 10.1 Å². The first kappa shape index (κ1) is 16.0. The number of aromatic amines is 1. The van der Waals surface area contributed by atoms with Gasteiger partial charge in [-0.15, -0.1) is 0 Å². The molecule has 2 aromatic heterocycles. The Hall–Kier alpha value is -3.45. The van der Waals surface area contributed by atoms with Crippen LogP contribution in [0.1, 0.15) is 11.1 Å². The Kier molecular flexibility index (Phi) is 4.44. The molecule has 0 fully saturated rings. The molecule has 7 heteroatoms. The molecule has 5 N–H and O–H groups in total. The number of rotatable bonds is 6. The van der Waals surface area contributed by atoms with Crippen molar-refractivity contribution in [3.05, 3.63) is 71.9 Å². The van der Waals surface area contributed by atoms with Crippen LogP contribution in [-0.4, -0.2) is 20.2 Å². The van der Waals surface area contributed by atoms with Crippen LogP contribution in [0.2, 0.25) is 0 Å². The molecule has 0 unspecified atom stereocenters. The lowest BCUT2D eigenvalue weighted by Crippen LogP contribution is -2.07. The number of aromatic nitrogens is 4. The van der Waals surface area contributed by atoms with E-state index >= 15 is 0 Å². The third-order valence-electron chi connectivity index (χ3n) is 4.03. The van der Waals surface area contributed by atoms with Gasteiger partial charge in [-0.05, 0) is 23.3 Å². The Morgan fingerprint density at radius 1 is 0.962 bits per heavy atom. The van der Waals surface area contributed by atoms with Crippen molar-refractivity contribution in [2.75, 3.05) is 10.6 Å². The summed E-state index contributed by atoms with van der Waals surface area (Å²) in [5, 5.41) is 14.3. The Bertz CT molecular complexity index is 1010. The number of H-pyrrole nitrogens is 1. The molecule has 4 aromatic rings. The quantitative estimate of drug-likeness (QED) is 0.428. The molecule has 0 aliphatic heterocycles. The third kappa shape index (κ3) is 3.47. The average Bonchev–Trinajstić information content (AvgIpc) is 3.20. The first-order valence-corrected chi connectivity index (χ1v) is 8.37. The highest BCUT2D eigenvalue weighted by atomic mass is 15.2. The second kappa shape index (κ2) is 7.20. The van der Waals surface area contributed by atoms with Crippen LogP contribution in [0, 0.1) is 0 Å². The largest absolute Gasteiger partial charge is 0.350 e. The minimum Gasteiger partial charge on any atom is -0.350 e. The van der Waals surface area contributed by atoms with Gasteiger partial charge in [0.25, 0.3) is 0 Å². The minimum atomic E-state index is 0.526. The molecular formula is C19H19N7. The van der Waals surface area contributed by atoms with Crippen molar-refractivity contribution in [1.82, 2.24) is 20.2 Å². The van der Waals surface area contributed by atoms with Crippen LogP contribution in [0.25, 0.3) is 10.9 Å². The monoisotopic (exact) mass is 345 g/mol. The molecule has 0 amide bonds. The molecule has 2 aromatic carbocycles. The van der Waals surface area contributed by atoms with Crippen LogP contribution < -0.4 is 16.4 Å². The van der Waals surface area contributed by atoms with E-state index in [4.69, 9.17) is 5.73 Å². The molecule has 0 aliphatic carbocycles. The van der Waals surface area contributed by atoms with Gasteiger partial charge in [-0.3, -0.25) is 5.10 Å². The number of nitrogens with zero attached hydrogens (tertiary/aromatic N) is 3. The summed E-state index contributed by atoms with van der Waals surface area (Å²) in [5.41, 5.74) is 8.81. The summed E-state index contributed by atoms with van der Waals surface area (Å²) in [5.74, 6) is 2.05. The maximum atomic E-state index is 5.71. The second-order valence-corrected chi connectivity index (χ2v) is 5.89. The number of benzene rings is 2. The molecule has 7 nitrogen and oxygen atoms in total. The molecule has 0 aliphatic rings. The molecule has 0 bridgehead atoms. The summed E-state index contributed by atoms with van der Waals surface area (Å²) in [6.07, 6.45) is 1.69. The number of hydrogen-bond acceptors (Lipinski definition) is 6. The molecule has 0 saturated carbocycles. The predicted octanol–water partition coefficient (Wildman–Crippen LogP) is 3.17. The van der Waals surface area contributed by atoms with Crippen LogP contribution >= 0.6 is 0 Å². The number of nitrogens with two attached hydrogens (primary N) is 1. The highest BCUT2D eigenvalue weighted by Crippen LogP contribution is 2.24. The van der Waals surface area contributed by atoms with E-state index in [0.717, 1.165) is 33.7 Å². The van der Waals surface area contributed by atoms with E-state index in [9.17, 15) is 0 Å². The Morgan fingerprint density at radius 2 is 1.85 bits per heavy atom. The van der Waals surface area contributed by atoms with Gasteiger partial charge in [-0.1, -0.05) is 36.4 Å². The van der Waals surface area contributed by atoms with E-state index < -0.39 is 0 Å². The van der Waals surface area contributed by atoms with E-state index in [1.54, 1.807) is 6.20 Å². The maximum absolute atomic E-state index is 5.71. The zero-order valence-corrected chi connectivity index (χ0v) is 14.1. The van der Waals surface area contributed by atoms with Crippen molar-refractivity contribution >= 4 is 28.5 Å². The summed E-state index contributed by atoms with van der Waals surface area (Å²) in [6.45, 7) is 1.15.